The van der Waals surface area contributed by atoms with Gasteiger partial charge in [0.25, 0.3) is 0 Å². The summed E-state index contributed by atoms with van der Waals surface area (Å²) in [6, 6.07) is 2.95. The van der Waals surface area contributed by atoms with Crippen LogP contribution in [0.15, 0.2) is 16.7 Å². The number of nitrogens with one attached hydrogen (secondary N) is 1. The van der Waals surface area contributed by atoms with Crippen molar-refractivity contribution in [2.24, 2.45) is 0 Å². The van der Waals surface area contributed by atoms with Crippen molar-refractivity contribution in [2.75, 3.05) is 19.7 Å². The molecule has 1 saturated heterocycles. The number of nitrogens with zero attached hydrogens (tertiary/aromatic N) is 1. The molecule has 1 N–H and O–H groups in total. The smallest absolute Gasteiger partial charge is 0.118 e. The molecule has 0 radical (unpaired) electrons. The van der Waals surface area contributed by atoms with Crippen molar-refractivity contribution >= 4 is 0 Å². The summed E-state index contributed by atoms with van der Waals surface area (Å²) < 4.78 is 11.4. The van der Waals surface area contributed by atoms with Crippen LogP contribution in [-0.2, 0) is 17.8 Å². The number of piperidine rings is 1. The normalized spacial score (nSPS) is 24.1. The molecule has 112 valence electrons. The summed E-state index contributed by atoms with van der Waals surface area (Å²) in [4.78, 5) is 2.45. The van der Waals surface area contributed by atoms with Crippen LogP contribution in [0.5, 0.6) is 0 Å². The van der Waals surface area contributed by atoms with Gasteiger partial charge < -0.3 is 14.5 Å². The number of rotatable bonds is 7. The first-order valence-electron chi connectivity index (χ1n) is 7.97. The van der Waals surface area contributed by atoms with Crippen molar-refractivity contribution in [3.8, 4) is 0 Å². The molecule has 0 amide bonds. The van der Waals surface area contributed by atoms with Crippen molar-refractivity contribution in [1.29, 1.82) is 0 Å². The molecule has 1 aliphatic heterocycles. The lowest BCUT2D eigenvalue weighted by Crippen LogP contribution is -2.39. The molecule has 1 saturated carbocycles. The third-order valence-corrected chi connectivity index (χ3v) is 4.12. The Morgan fingerprint density at radius 2 is 2.30 bits per heavy atom. The zero-order valence-corrected chi connectivity index (χ0v) is 12.4. The maximum atomic E-state index is 5.75. The Balaban J connectivity index is 1.46. The fourth-order valence-electron chi connectivity index (χ4n) is 2.90. The summed E-state index contributed by atoms with van der Waals surface area (Å²) >= 11 is 0. The molecule has 4 heteroatoms. The minimum absolute atomic E-state index is 0.403. The van der Waals surface area contributed by atoms with Gasteiger partial charge >= 0.3 is 0 Å². The molecule has 1 unspecified atom stereocenters. The maximum absolute atomic E-state index is 5.75. The predicted octanol–water partition coefficient (Wildman–Crippen LogP) is 2.53. The average Bonchev–Trinajstić information content (AvgIpc) is 3.18. The lowest BCUT2D eigenvalue weighted by Gasteiger charge is -2.31. The fourth-order valence-corrected chi connectivity index (χ4v) is 2.90. The molecule has 3 rings (SSSR count). The van der Waals surface area contributed by atoms with Crippen molar-refractivity contribution in [2.45, 2.75) is 57.8 Å². The predicted molar refractivity (Wildman–Crippen MR) is 78.5 cm³/mol. The van der Waals surface area contributed by atoms with Crippen molar-refractivity contribution in [1.82, 2.24) is 10.2 Å². The molecular weight excluding hydrogens is 252 g/mol. The molecule has 0 spiro atoms. The number of ether oxygens (including phenoxy) is 1. The average molecular weight is 278 g/mol. The number of likely N-dealkylation sites (tertiary alicyclic amines) is 1. The van der Waals surface area contributed by atoms with E-state index in [0.29, 0.717) is 6.10 Å². The monoisotopic (exact) mass is 278 g/mol. The van der Waals surface area contributed by atoms with Crippen molar-refractivity contribution in [3.63, 3.8) is 0 Å². The van der Waals surface area contributed by atoms with E-state index in [9.17, 15) is 0 Å². The summed E-state index contributed by atoms with van der Waals surface area (Å²) in [7, 11) is 0. The minimum Gasteiger partial charge on any atom is -0.468 e. The molecule has 4 nitrogen and oxygen atoms in total. The number of furan rings is 1. The van der Waals surface area contributed by atoms with Crippen LogP contribution in [0, 0.1) is 0 Å². The highest BCUT2D eigenvalue weighted by molar-refractivity contribution is 5.13. The second-order valence-corrected chi connectivity index (χ2v) is 6.03. The molecule has 20 heavy (non-hydrogen) atoms. The lowest BCUT2D eigenvalue weighted by atomic mass is 10.1. The highest BCUT2D eigenvalue weighted by Crippen LogP contribution is 2.20. The van der Waals surface area contributed by atoms with Crippen LogP contribution >= 0.6 is 0 Å². The van der Waals surface area contributed by atoms with Gasteiger partial charge in [-0.25, -0.2) is 0 Å². The third kappa shape index (κ3) is 4.08. The van der Waals surface area contributed by atoms with E-state index < -0.39 is 0 Å². The van der Waals surface area contributed by atoms with Crippen LogP contribution < -0.4 is 5.32 Å². The summed E-state index contributed by atoms with van der Waals surface area (Å²) in [6.07, 6.45) is 7.38. The Labute approximate surface area is 121 Å². The molecule has 1 aromatic rings. The van der Waals surface area contributed by atoms with Crippen LogP contribution in [0.4, 0.5) is 0 Å². The fraction of sp³-hybridized carbons (Fsp3) is 0.750. The van der Waals surface area contributed by atoms with Crippen LogP contribution in [0.25, 0.3) is 0 Å². The second kappa shape index (κ2) is 6.74. The van der Waals surface area contributed by atoms with Crippen molar-refractivity contribution < 1.29 is 9.15 Å². The largest absolute Gasteiger partial charge is 0.468 e. The molecule has 1 atom stereocenters. The Kier molecular flexibility index (Phi) is 4.76. The Morgan fingerprint density at radius 3 is 3.10 bits per heavy atom. The molecule has 2 fully saturated rings. The highest BCUT2D eigenvalue weighted by atomic mass is 16.5. The van der Waals surface area contributed by atoms with E-state index in [4.69, 9.17) is 9.15 Å². The number of hydrogen-bond donors (Lipinski definition) is 1. The van der Waals surface area contributed by atoms with E-state index in [1.165, 1.54) is 31.2 Å². The zero-order valence-electron chi connectivity index (χ0n) is 12.4. The van der Waals surface area contributed by atoms with Crippen molar-refractivity contribution in [3.05, 3.63) is 23.7 Å². The standard InChI is InChI=1S/C16H26N2O2/c1-2-19-15-4-3-7-18(10-15)11-16-8-13(12-20-16)9-17-14-5-6-14/h8,12,14-15,17H,2-7,9-11H2,1H3. The van der Waals surface area contributed by atoms with Gasteiger partial charge in [0.1, 0.15) is 5.76 Å². The van der Waals surface area contributed by atoms with E-state index in [1.807, 2.05) is 6.26 Å². The van der Waals surface area contributed by atoms with Gasteiger partial charge in [0.05, 0.1) is 18.9 Å². The molecule has 0 bridgehead atoms. The van der Waals surface area contributed by atoms with Crippen LogP contribution in [0.2, 0.25) is 0 Å². The topological polar surface area (TPSA) is 37.6 Å². The van der Waals surface area contributed by atoms with Crippen LogP contribution in [-0.4, -0.2) is 36.7 Å². The molecule has 2 heterocycles. The molecule has 0 aromatic carbocycles. The lowest BCUT2D eigenvalue weighted by molar-refractivity contribution is 0.00201. The van der Waals surface area contributed by atoms with Gasteiger partial charge in [-0.05, 0) is 45.2 Å². The summed E-state index contributed by atoms with van der Waals surface area (Å²) in [5.41, 5.74) is 1.27. The van der Waals surface area contributed by atoms with Gasteiger partial charge in [-0.1, -0.05) is 0 Å². The highest BCUT2D eigenvalue weighted by Gasteiger charge is 2.22. The summed E-state index contributed by atoms with van der Waals surface area (Å²) in [5, 5.41) is 3.52. The Hall–Kier alpha value is -0.840. The van der Waals surface area contributed by atoms with Gasteiger partial charge in [0.15, 0.2) is 0 Å². The Bertz CT molecular complexity index is 412. The van der Waals surface area contributed by atoms with Gasteiger partial charge in [-0.3, -0.25) is 4.90 Å². The molecular formula is C16H26N2O2. The van der Waals surface area contributed by atoms with E-state index in [0.717, 1.165) is 44.6 Å². The van der Waals surface area contributed by atoms with Gasteiger partial charge in [-0.15, -0.1) is 0 Å². The summed E-state index contributed by atoms with van der Waals surface area (Å²) in [5.74, 6) is 1.08. The Morgan fingerprint density at radius 1 is 1.40 bits per heavy atom. The molecule has 1 aliphatic carbocycles. The SMILES string of the molecule is CCOC1CCCN(Cc2cc(CNC3CC3)co2)C1. The molecule has 1 aromatic heterocycles. The molecule has 2 aliphatic rings. The minimum atomic E-state index is 0.403. The van der Waals surface area contributed by atoms with E-state index in [-0.39, 0.29) is 0 Å². The summed E-state index contributed by atoms with van der Waals surface area (Å²) in [6.45, 7) is 6.92. The third-order valence-electron chi connectivity index (χ3n) is 4.12. The quantitative estimate of drug-likeness (QED) is 0.831. The maximum Gasteiger partial charge on any atom is 0.118 e. The van der Waals surface area contributed by atoms with E-state index in [2.05, 4.69) is 23.2 Å². The van der Waals surface area contributed by atoms with Gasteiger partial charge in [0.2, 0.25) is 0 Å². The van der Waals surface area contributed by atoms with Crippen LogP contribution in [0.1, 0.15) is 43.9 Å². The first kappa shape index (κ1) is 14.1. The number of hydrogen-bond acceptors (Lipinski definition) is 4. The zero-order chi connectivity index (χ0) is 13.8. The second-order valence-electron chi connectivity index (χ2n) is 6.03. The van der Waals surface area contributed by atoms with E-state index >= 15 is 0 Å². The van der Waals surface area contributed by atoms with Crippen LogP contribution in [0.3, 0.4) is 0 Å². The van der Waals surface area contributed by atoms with Gasteiger partial charge in [-0.2, -0.15) is 0 Å². The van der Waals surface area contributed by atoms with Gasteiger partial charge in [0, 0.05) is 31.3 Å². The first-order chi connectivity index (χ1) is 9.83. The van der Waals surface area contributed by atoms with E-state index in [1.54, 1.807) is 0 Å². The first-order valence-corrected chi connectivity index (χ1v) is 7.97.